The smallest absolute Gasteiger partial charge is 0.217 e. The van der Waals surface area contributed by atoms with Crippen LogP contribution >= 0.6 is 46.4 Å². The van der Waals surface area contributed by atoms with E-state index in [4.69, 9.17) is 61.0 Å². The van der Waals surface area contributed by atoms with Crippen molar-refractivity contribution in [3.8, 4) is 0 Å². The Kier molecular flexibility index (Phi) is 4.58. The summed E-state index contributed by atoms with van der Waals surface area (Å²) < 4.78 is 11.0. The zero-order valence-electron chi connectivity index (χ0n) is 10.9. The zero-order chi connectivity index (χ0) is 15.2. The lowest BCUT2D eigenvalue weighted by Gasteiger charge is -2.40. The van der Waals surface area contributed by atoms with E-state index in [1.807, 2.05) is 0 Å². The summed E-state index contributed by atoms with van der Waals surface area (Å²) in [6.45, 7) is -0.117. The third-order valence-corrected chi connectivity index (χ3v) is 6.55. The van der Waals surface area contributed by atoms with E-state index in [0.717, 1.165) is 0 Å². The van der Waals surface area contributed by atoms with Gasteiger partial charge in [0.25, 0.3) is 0 Å². The van der Waals surface area contributed by atoms with Crippen LogP contribution in [0.4, 0.5) is 0 Å². The molecule has 7 heteroatoms. The topological polar surface area (TPSA) is 38.7 Å². The maximum atomic E-state index is 8.77. The Morgan fingerprint density at radius 2 is 1.90 bits per heavy atom. The van der Waals surface area contributed by atoms with Crippen LogP contribution in [0.1, 0.15) is 6.42 Å². The van der Waals surface area contributed by atoms with E-state index in [1.54, 1.807) is 6.08 Å². The SMILES string of the molecule is COC1(OC)C2(Cl)CC(C=C=CCO)C1(Cl)C(Cl)=C2Cl. The quantitative estimate of drug-likeness (QED) is 0.475. The van der Waals surface area contributed by atoms with Gasteiger partial charge in [0.2, 0.25) is 5.79 Å². The van der Waals surface area contributed by atoms with E-state index in [1.165, 1.54) is 20.3 Å². The minimum Gasteiger partial charge on any atom is -0.392 e. The molecule has 0 aromatic heterocycles. The Morgan fingerprint density at radius 3 is 2.35 bits per heavy atom. The van der Waals surface area contributed by atoms with E-state index in [0.29, 0.717) is 6.42 Å². The number of alkyl halides is 2. The molecule has 2 rings (SSSR count). The molecule has 0 saturated heterocycles. The normalized spacial score (nSPS) is 38.0. The molecule has 1 saturated carbocycles. The van der Waals surface area contributed by atoms with Crippen molar-refractivity contribution in [2.75, 3.05) is 20.8 Å². The summed E-state index contributed by atoms with van der Waals surface area (Å²) >= 11 is 25.9. The molecule has 0 radical (unpaired) electrons. The van der Waals surface area contributed by atoms with Gasteiger partial charge in [0, 0.05) is 20.1 Å². The molecule has 112 valence electrons. The second kappa shape index (κ2) is 5.49. The highest BCUT2D eigenvalue weighted by atomic mass is 35.5. The van der Waals surface area contributed by atoms with Gasteiger partial charge in [0.15, 0.2) is 0 Å². The molecule has 2 bridgehead atoms. The molecular weight excluding hydrogens is 346 g/mol. The molecule has 2 aliphatic rings. The summed E-state index contributed by atoms with van der Waals surface area (Å²) in [4.78, 5) is -2.38. The fourth-order valence-corrected chi connectivity index (χ4v) is 5.14. The number of fused-ring (bicyclic) bond motifs is 2. The van der Waals surface area contributed by atoms with Gasteiger partial charge in [-0.05, 0) is 18.6 Å². The molecule has 1 N–H and O–H groups in total. The zero-order valence-corrected chi connectivity index (χ0v) is 13.9. The van der Waals surface area contributed by atoms with E-state index >= 15 is 0 Å². The van der Waals surface area contributed by atoms with Gasteiger partial charge in [-0.2, -0.15) is 0 Å². The van der Waals surface area contributed by atoms with E-state index in [-0.39, 0.29) is 22.6 Å². The first kappa shape index (κ1) is 16.7. The Balaban J connectivity index is 2.60. The molecule has 0 aliphatic heterocycles. The number of aliphatic hydroxyl groups excluding tert-OH is 1. The highest BCUT2D eigenvalue weighted by Gasteiger charge is 2.80. The first-order valence-electron chi connectivity index (χ1n) is 5.92. The van der Waals surface area contributed by atoms with Gasteiger partial charge >= 0.3 is 0 Å². The van der Waals surface area contributed by atoms with Gasteiger partial charge in [-0.15, -0.1) is 28.9 Å². The summed E-state index contributed by atoms with van der Waals surface area (Å²) in [7, 11) is 2.90. The van der Waals surface area contributed by atoms with Crippen LogP contribution in [0, 0.1) is 5.92 Å². The minimum atomic E-state index is -1.36. The highest BCUT2D eigenvalue weighted by Crippen LogP contribution is 2.71. The maximum absolute atomic E-state index is 8.77. The molecule has 3 nitrogen and oxygen atoms in total. The predicted molar refractivity (Wildman–Crippen MR) is 80.5 cm³/mol. The second-order valence-electron chi connectivity index (χ2n) is 4.70. The molecular formula is C13H14Cl4O3. The van der Waals surface area contributed by atoms with Gasteiger partial charge < -0.3 is 14.6 Å². The van der Waals surface area contributed by atoms with Crippen molar-refractivity contribution in [1.82, 2.24) is 0 Å². The number of rotatable bonds is 4. The standard InChI is InChI=1S/C13H14Cl4O3/c1-19-13(20-2)11(16)7-8(5-3-4-6-18)12(13,17)10(15)9(11)14/h4-5,8,18H,6-7H2,1-2H3. The van der Waals surface area contributed by atoms with E-state index in [2.05, 4.69) is 5.73 Å². The van der Waals surface area contributed by atoms with Crippen molar-refractivity contribution in [1.29, 1.82) is 0 Å². The first-order valence-corrected chi connectivity index (χ1v) is 7.43. The molecule has 3 unspecified atom stereocenters. The van der Waals surface area contributed by atoms with Gasteiger partial charge in [-0.1, -0.05) is 23.2 Å². The van der Waals surface area contributed by atoms with Crippen molar-refractivity contribution < 1.29 is 14.6 Å². The summed E-state index contributed by atoms with van der Waals surface area (Å²) in [6.07, 6.45) is 3.56. The van der Waals surface area contributed by atoms with Crippen LogP contribution in [0.3, 0.4) is 0 Å². The number of ether oxygens (including phenoxy) is 2. The lowest BCUT2D eigenvalue weighted by atomic mass is 9.91. The lowest BCUT2D eigenvalue weighted by molar-refractivity contribution is -0.218. The monoisotopic (exact) mass is 358 g/mol. The molecule has 0 aromatic rings. The number of halogens is 4. The van der Waals surface area contributed by atoms with E-state index in [9.17, 15) is 0 Å². The number of hydrogen-bond acceptors (Lipinski definition) is 3. The minimum absolute atomic E-state index is 0.117. The van der Waals surface area contributed by atoms with Crippen LogP contribution in [0.25, 0.3) is 0 Å². The average molecular weight is 360 g/mol. The Morgan fingerprint density at radius 1 is 1.30 bits per heavy atom. The van der Waals surface area contributed by atoms with Gasteiger partial charge in [-0.25, -0.2) is 0 Å². The van der Waals surface area contributed by atoms with Gasteiger partial charge in [0.05, 0.1) is 16.7 Å². The van der Waals surface area contributed by atoms with Crippen LogP contribution in [0.2, 0.25) is 0 Å². The van der Waals surface area contributed by atoms with Crippen molar-refractivity contribution in [2.45, 2.75) is 22.0 Å². The Labute approximate surface area is 137 Å². The van der Waals surface area contributed by atoms with Crippen LogP contribution in [-0.4, -0.2) is 41.5 Å². The third-order valence-electron chi connectivity index (χ3n) is 3.95. The number of hydrogen-bond donors (Lipinski definition) is 1. The molecule has 20 heavy (non-hydrogen) atoms. The van der Waals surface area contributed by atoms with Crippen molar-refractivity contribution >= 4 is 46.4 Å². The Bertz CT molecular complexity index is 508. The molecule has 0 aromatic carbocycles. The molecule has 0 heterocycles. The summed E-state index contributed by atoms with van der Waals surface area (Å²) in [5, 5.41) is 9.24. The van der Waals surface area contributed by atoms with Crippen molar-refractivity contribution in [3.05, 3.63) is 27.9 Å². The summed E-state index contributed by atoms with van der Waals surface area (Å²) in [5.74, 6) is -1.65. The first-order chi connectivity index (χ1) is 9.35. The van der Waals surface area contributed by atoms with Gasteiger partial charge in [0.1, 0.15) is 9.75 Å². The summed E-state index contributed by atoms with van der Waals surface area (Å²) in [5.41, 5.74) is 2.85. The largest absolute Gasteiger partial charge is 0.392 e. The molecule has 0 amide bonds. The predicted octanol–water partition coefficient (Wildman–Crippen LogP) is 3.36. The van der Waals surface area contributed by atoms with Crippen LogP contribution in [-0.2, 0) is 9.47 Å². The maximum Gasteiger partial charge on any atom is 0.217 e. The number of aliphatic hydroxyl groups is 1. The fraction of sp³-hybridized carbons (Fsp3) is 0.615. The lowest BCUT2D eigenvalue weighted by Crippen LogP contribution is -2.56. The van der Waals surface area contributed by atoms with Crippen LogP contribution in [0.5, 0.6) is 0 Å². The molecule has 0 spiro atoms. The van der Waals surface area contributed by atoms with Crippen molar-refractivity contribution in [3.63, 3.8) is 0 Å². The molecule has 1 fully saturated rings. The number of methoxy groups -OCH3 is 2. The van der Waals surface area contributed by atoms with E-state index < -0.39 is 15.5 Å². The Hall–Kier alpha value is 0.300. The van der Waals surface area contributed by atoms with Crippen molar-refractivity contribution in [2.24, 2.45) is 5.92 Å². The van der Waals surface area contributed by atoms with Gasteiger partial charge in [-0.3, -0.25) is 0 Å². The second-order valence-corrected chi connectivity index (χ2v) is 6.69. The third kappa shape index (κ3) is 1.73. The average Bonchev–Trinajstić information content (AvgIpc) is 2.70. The fourth-order valence-electron chi connectivity index (χ4n) is 3.10. The van der Waals surface area contributed by atoms with Crippen LogP contribution < -0.4 is 0 Å². The molecule has 2 aliphatic carbocycles. The highest BCUT2D eigenvalue weighted by molar-refractivity contribution is 6.52. The van der Waals surface area contributed by atoms with Crippen LogP contribution in [0.15, 0.2) is 27.9 Å². The summed E-state index contributed by atoms with van der Waals surface area (Å²) in [6, 6.07) is 0. The molecule has 3 atom stereocenters.